The van der Waals surface area contributed by atoms with Gasteiger partial charge in [-0.25, -0.2) is 0 Å². The molecule has 114 valence electrons. The third-order valence-electron chi connectivity index (χ3n) is 3.31. The number of aromatic carboxylic acids is 1. The molecule has 0 aliphatic carbocycles. The number of hydrogen-bond acceptors (Lipinski definition) is 4. The lowest BCUT2D eigenvalue weighted by Gasteiger charge is -2.12. The second-order valence-electron chi connectivity index (χ2n) is 4.82. The summed E-state index contributed by atoms with van der Waals surface area (Å²) in [6.07, 6.45) is 1.63. The van der Waals surface area contributed by atoms with Crippen LogP contribution in [-0.4, -0.2) is 16.9 Å². The Labute approximate surface area is 140 Å². The summed E-state index contributed by atoms with van der Waals surface area (Å²) in [4.78, 5) is 27.8. The van der Waals surface area contributed by atoms with Gasteiger partial charge >= 0.3 is 0 Å². The van der Waals surface area contributed by atoms with E-state index in [1.165, 1.54) is 18.2 Å². The normalized spacial score (nSPS) is 10.5. The van der Waals surface area contributed by atoms with E-state index in [9.17, 15) is 14.7 Å². The topological polar surface area (TPSA) is 82.1 Å². The van der Waals surface area contributed by atoms with Crippen LogP contribution in [0.15, 0.2) is 59.2 Å². The van der Waals surface area contributed by atoms with Crippen molar-refractivity contribution in [1.29, 1.82) is 0 Å². The van der Waals surface area contributed by atoms with Crippen LogP contribution in [-0.2, 0) is 0 Å². The first-order valence-electron chi connectivity index (χ1n) is 6.72. The van der Waals surface area contributed by atoms with Crippen molar-refractivity contribution in [2.75, 3.05) is 5.32 Å². The van der Waals surface area contributed by atoms with E-state index in [-0.39, 0.29) is 11.1 Å². The van der Waals surface area contributed by atoms with Gasteiger partial charge in [0, 0.05) is 27.2 Å². The van der Waals surface area contributed by atoms with Gasteiger partial charge in [0.25, 0.3) is 5.91 Å². The Bertz CT molecular complexity index is 925. The number of nitrogens with one attached hydrogen (secondary N) is 1. The van der Waals surface area contributed by atoms with Crippen molar-refractivity contribution >= 4 is 44.4 Å². The summed E-state index contributed by atoms with van der Waals surface area (Å²) in [5, 5.41) is 14.7. The molecule has 5 nitrogen and oxygen atoms in total. The number of pyridine rings is 1. The Hall–Kier alpha value is -2.73. The Balaban J connectivity index is 2.03. The zero-order valence-electron chi connectivity index (χ0n) is 11.7. The van der Waals surface area contributed by atoms with Crippen LogP contribution in [0.3, 0.4) is 0 Å². The molecule has 0 fully saturated rings. The van der Waals surface area contributed by atoms with Gasteiger partial charge in [0.15, 0.2) is 0 Å². The minimum absolute atomic E-state index is 0.0385. The quantitative estimate of drug-likeness (QED) is 0.769. The van der Waals surface area contributed by atoms with Crippen LogP contribution in [0.25, 0.3) is 10.9 Å². The number of anilines is 1. The number of hydrogen-bond donors (Lipinski definition) is 1. The fraction of sp³-hybridized carbons (Fsp3) is 0. The van der Waals surface area contributed by atoms with Crippen molar-refractivity contribution in [3.8, 4) is 0 Å². The second-order valence-corrected chi connectivity index (χ2v) is 5.73. The van der Waals surface area contributed by atoms with Crippen LogP contribution in [0, 0.1) is 0 Å². The fourth-order valence-electron chi connectivity index (χ4n) is 2.30. The maximum absolute atomic E-state index is 12.4. The molecule has 3 aromatic rings. The van der Waals surface area contributed by atoms with Crippen LogP contribution in [0.4, 0.5) is 5.69 Å². The van der Waals surface area contributed by atoms with Gasteiger partial charge in [-0.15, -0.1) is 0 Å². The molecular formula is C17H10BrN2O3-. The van der Waals surface area contributed by atoms with Crippen molar-refractivity contribution in [3.05, 3.63) is 70.3 Å². The molecule has 3 rings (SSSR count). The molecule has 0 saturated heterocycles. The van der Waals surface area contributed by atoms with Gasteiger partial charge in [0.1, 0.15) is 0 Å². The number of benzene rings is 2. The summed E-state index contributed by atoms with van der Waals surface area (Å²) in [6, 6.07) is 13.2. The summed E-state index contributed by atoms with van der Waals surface area (Å²) < 4.78 is 0.779. The Morgan fingerprint density at radius 2 is 1.78 bits per heavy atom. The monoisotopic (exact) mass is 369 g/mol. The van der Waals surface area contributed by atoms with Crippen LogP contribution in [0.1, 0.15) is 20.7 Å². The average molecular weight is 370 g/mol. The Morgan fingerprint density at radius 3 is 2.52 bits per heavy atom. The molecule has 1 N–H and O–H groups in total. The maximum Gasteiger partial charge on any atom is 0.256 e. The third-order valence-corrected chi connectivity index (χ3v) is 3.77. The number of carbonyl (C=O) groups excluding carboxylic acids is 2. The van der Waals surface area contributed by atoms with Crippen molar-refractivity contribution in [3.63, 3.8) is 0 Å². The van der Waals surface area contributed by atoms with Crippen molar-refractivity contribution in [1.82, 2.24) is 4.98 Å². The largest absolute Gasteiger partial charge is 0.545 e. The lowest BCUT2D eigenvalue weighted by Crippen LogP contribution is -2.26. The van der Waals surface area contributed by atoms with E-state index < -0.39 is 11.9 Å². The first-order valence-corrected chi connectivity index (χ1v) is 7.51. The number of amides is 1. The van der Waals surface area contributed by atoms with E-state index in [2.05, 4.69) is 26.2 Å². The van der Waals surface area contributed by atoms with Crippen molar-refractivity contribution in [2.45, 2.75) is 0 Å². The smallest absolute Gasteiger partial charge is 0.256 e. The van der Waals surface area contributed by atoms with E-state index in [4.69, 9.17) is 0 Å². The SMILES string of the molecule is O=C([O-])c1ccccc1C(=O)Nc1cc(Br)cc2cccnc12. The number of fused-ring (bicyclic) bond motifs is 1. The van der Waals surface area contributed by atoms with Gasteiger partial charge < -0.3 is 15.2 Å². The highest BCUT2D eigenvalue weighted by atomic mass is 79.9. The van der Waals surface area contributed by atoms with E-state index in [1.807, 2.05) is 12.1 Å². The zero-order valence-corrected chi connectivity index (χ0v) is 13.3. The predicted octanol–water partition coefficient (Wildman–Crippen LogP) is 2.61. The summed E-state index contributed by atoms with van der Waals surface area (Å²) in [7, 11) is 0. The molecule has 6 heteroatoms. The van der Waals surface area contributed by atoms with Gasteiger partial charge in [0.05, 0.1) is 17.2 Å². The highest BCUT2D eigenvalue weighted by Gasteiger charge is 2.14. The molecule has 0 aliphatic heterocycles. The molecule has 23 heavy (non-hydrogen) atoms. The molecule has 0 saturated carbocycles. The first kappa shape index (κ1) is 15.2. The highest BCUT2D eigenvalue weighted by Crippen LogP contribution is 2.27. The summed E-state index contributed by atoms with van der Waals surface area (Å²) in [6.45, 7) is 0. The van der Waals surface area contributed by atoms with E-state index in [1.54, 1.807) is 24.4 Å². The average Bonchev–Trinajstić information content (AvgIpc) is 2.54. The first-order chi connectivity index (χ1) is 11.1. The van der Waals surface area contributed by atoms with Gasteiger partial charge in [-0.2, -0.15) is 0 Å². The molecule has 0 unspecified atom stereocenters. The fourth-order valence-corrected chi connectivity index (χ4v) is 2.78. The van der Waals surface area contributed by atoms with Crippen LogP contribution < -0.4 is 10.4 Å². The Morgan fingerprint density at radius 1 is 1.04 bits per heavy atom. The van der Waals surface area contributed by atoms with Crippen LogP contribution in [0.5, 0.6) is 0 Å². The van der Waals surface area contributed by atoms with Gasteiger partial charge in [-0.3, -0.25) is 9.78 Å². The zero-order chi connectivity index (χ0) is 16.4. The molecule has 0 atom stereocenters. The number of halogens is 1. The van der Waals surface area contributed by atoms with Gasteiger partial charge in [0.2, 0.25) is 0 Å². The van der Waals surface area contributed by atoms with Crippen molar-refractivity contribution < 1.29 is 14.7 Å². The van der Waals surface area contributed by atoms with Crippen molar-refractivity contribution in [2.24, 2.45) is 0 Å². The van der Waals surface area contributed by atoms with Gasteiger partial charge in [-0.05, 0) is 24.3 Å². The maximum atomic E-state index is 12.4. The van der Waals surface area contributed by atoms with E-state index in [0.29, 0.717) is 11.2 Å². The second kappa shape index (κ2) is 6.18. The lowest BCUT2D eigenvalue weighted by molar-refractivity contribution is -0.255. The molecule has 1 heterocycles. The number of carbonyl (C=O) groups is 2. The number of aromatic nitrogens is 1. The van der Waals surface area contributed by atoms with Crippen LogP contribution in [0.2, 0.25) is 0 Å². The number of nitrogens with zero attached hydrogens (tertiary/aromatic N) is 1. The summed E-state index contributed by atoms with van der Waals surface area (Å²) in [5.41, 5.74) is 0.997. The van der Waals surface area contributed by atoms with E-state index >= 15 is 0 Å². The molecule has 0 spiro atoms. The highest BCUT2D eigenvalue weighted by molar-refractivity contribution is 9.10. The standard InChI is InChI=1S/C17H11BrN2O3/c18-11-8-10-4-3-7-19-15(10)14(9-11)20-16(21)12-5-1-2-6-13(12)17(22)23/h1-9H,(H,20,21)(H,22,23)/p-1. The van der Waals surface area contributed by atoms with Crippen LogP contribution >= 0.6 is 15.9 Å². The molecule has 0 bridgehead atoms. The minimum Gasteiger partial charge on any atom is -0.545 e. The molecule has 2 aromatic carbocycles. The predicted molar refractivity (Wildman–Crippen MR) is 88.2 cm³/mol. The molecular weight excluding hydrogens is 360 g/mol. The molecule has 0 radical (unpaired) electrons. The number of carboxylic acids is 1. The summed E-state index contributed by atoms with van der Waals surface area (Å²) in [5.74, 6) is -1.93. The lowest BCUT2D eigenvalue weighted by atomic mass is 10.1. The Kier molecular flexibility index (Phi) is 4.08. The number of carboxylic acid groups (broad SMARTS) is 1. The molecule has 1 amide bonds. The summed E-state index contributed by atoms with van der Waals surface area (Å²) >= 11 is 3.38. The van der Waals surface area contributed by atoms with E-state index in [0.717, 1.165) is 9.86 Å². The minimum atomic E-state index is -1.40. The third kappa shape index (κ3) is 3.07. The van der Waals surface area contributed by atoms with Gasteiger partial charge in [-0.1, -0.05) is 40.2 Å². The number of rotatable bonds is 3. The molecule has 0 aliphatic rings. The molecule has 1 aromatic heterocycles.